The third-order valence-corrected chi connectivity index (χ3v) is 2.16. The first-order valence-electron chi connectivity index (χ1n) is 5.53. The van der Waals surface area contributed by atoms with E-state index in [4.69, 9.17) is 11.5 Å². The van der Waals surface area contributed by atoms with E-state index in [-0.39, 0.29) is 11.9 Å². The van der Waals surface area contributed by atoms with Gasteiger partial charge in [-0.1, -0.05) is 12.1 Å². The van der Waals surface area contributed by atoms with Gasteiger partial charge in [-0.25, -0.2) is 4.68 Å². The van der Waals surface area contributed by atoms with Crippen molar-refractivity contribution in [1.29, 1.82) is 0 Å². The zero-order valence-corrected chi connectivity index (χ0v) is 10.0. The monoisotopic (exact) mass is 249 g/mol. The van der Waals surface area contributed by atoms with Gasteiger partial charge in [0.2, 0.25) is 11.9 Å². The van der Waals surface area contributed by atoms with Gasteiger partial charge in [-0.2, -0.15) is 15.0 Å². The summed E-state index contributed by atoms with van der Waals surface area (Å²) >= 11 is 0. The summed E-state index contributed by atoms with van der Waals surface area (Å²) in [6.45, 7) is 3.95. The van der Waals surface area contributed by atoms with Crippen molar-refractivity contribution in [3.8, 4) is 0 Å². The van der Waals surface area contributed by atoms with Crippen molar-refractivity contribution in [2.24, 2.45) is 0 Å². The van der Waals surface area contributed by atoms with Gasteiger partial charge in [0.1, 0.15) is 6.54 Å². The smallest absolute Gasteiger partial charge is 0.225 e. The van der Waals surface area contributed by atoms with Crippen LogP contribution in [0.1, 0.15) is 18.4 Å². The predicted molar refractivity (Wildman–Crippen MR) is 65.2 cm³/mol. The van der Waals surface area contributed by atoms with Crippen molar-refractivity contribution in [2.45, 2.75) is 20.0 Å². The summed E-state index contributed by atoms with van der Waals surface area (Å²) in [4.78, 5) is 11.6. The highest BCUT2D eigenvalue weighted by Gasteiger charge is 2.05. The molecule has 2 rings (SSSR count). The number of anilines is 2. The van der Waals surface area contributed by atoms with Crippen LogP contribution in [0.25, 0.3) is 0 Å². The van der Waals surface area contributed by atoms with E-state index >= 15 is 0 Å². The Bertz CT molecular complexity index is 500. The molecule has 2 aromatic heterocycles. The highest BCUT2D eigenvalue weighted by atomic mass is 15.4. The highest BCUT2D eigenvalue weighted by molar-refractivity contribution is 5.25. The van der Waals surface area contributed by atoms with Crippen LogP contribution in [-0.4, -0.2) is 36.5 Å². The molecule has 0 radical (unpaired) electrons. The molecule has 0 bridgehead atoms. The maximum Gasteiger partial charge on any atom is 0.225 e. The topological polar surface area (TPSA) is 133 Å². The second-order valence-electron chi connectivity index (χ2n) is 3.66. The van der Waals surface area contributed by atoms with E-state index in [1.54, 1.807) is 4.68 Å². The van der Waals surface area contributed by atoms with E-state index in [0.717, 1.165) is 12.2 Å². The van der Waals surface area contributed by atoms with Crippen molar-refractivity contribution in [3.05, 3.63) is 17.7 Å². The van der Waals surface area contributed by atoms with Gasteiger partial charge < -0.3 is 16.8 Å². The molecule has 5 N–H and O–H groups in total. The van der Waals surface area contributed by atoms with Crippen LogP contribution in [0.3, 0.4) is 0 Å². The number of nitrogen functional groups attached to an aromatic ring is 2. The predicted octanol–water partition coefficient (Wildman–Crippen LogP) is -1.21. The molecule has 0 aliphatic carbocycles. The molecule has 0 atom stereocenters. The summed E-state index contributed by atoms with van der Waals surface area (Å²) in [6, 6.07) is 0. The number of hydrogen-bond donors (Lipinski definition) is 3. The molecule has 0 unspecified atom stereocenters. The zero-order valence-electron chi connectivity index (χ0n) is 10.0. The van der Waals surface area contributed by atoms with E-state index in [9.17, 15) is 0 Å². The molecule has 0 saturated heterocycles. The van der Waals surface area contributed by atoms with Crippen LogP contribution in [0.5, 0.6) is 0 Å². The fourth-order valence-corrected chi connectivity index (χ4v) is 1.42. The maximum absolute atomic E-state index is 5.49. The fourth-order valence-electron chi connectivity index (χ4n) is 1.42. The average molecular weight is 249 g/mol. The van der Waals surface area contributed by atoms with Crippen LogP contribution in [0.4, 0.5) is 11.9 Å². The van der Waals surface area contributed by atoms with Gasteiger partial charge in [0, 0.05) is 6.54 Å². The summed E-state index contributed by atoms with van der Waals surface area (Å²) < 4.78 is 1.63. The Morgan fingerprint density at radius 3 is 2.61 bits per heavy atom. The SMILES string of the molecule is CCNCc1cn(Cc2nc(N)nc(N)n2)nn1. The van der Waals surface area contributed by atoms with Crippen molar-refractivity contribution >= 4 is 11.9 Å². The molecule has 0 fully saturated rings. The molecule has 0 aliphatic heterocycles. The lowest BCUT2D eigenvalue weighted by atomic mass is 10.4. The minimum atomic E-state index is 0.102. The Morgan fingerprint density at radius 1 is 1.22 bits per heavy atom. The van der Waals surface area contributed by atoms with Crippen molar-refractivity contribution in [2.75, 3.05) is 18.0 Å². The van der Waals surface area contributed by atoms with Crippen molar-refractivity contribution < 1.29 is 0 Å². The minimum Gasteiger partial charge on any atom is -0.368 e. The Kier molecular flexibility index (Phi) is 3.63. The van der Waals surface area contributed by atoms with Crippen LogP contribution in [0.15, 0.2) is 6.20 Å². The normalized spacial score (nSPS) is 10.7. The second-order valence-corrected chi connectivity index (χ2v) is 3.66. The lowest BCUT2D eigenvalue weighted by molar-refractivity contribution is 0.623. The van der Waals surface area contributed by atoms with Gasteiger partial charge >= 0.3 is 0 Å². The third-order valence-electron chi connectivity index (χ3n) is 2.16. The first kappa shape index (κ1) is 12.2. The number of rotatable bonds is 5. The molecule has 0 spiro atoms. The average Bonchev–Trinajstić information content (AvgIpc) is 2.72. The van der Waals surface area contributed by atoms with Gasteiger partial charge in [0.25, 0.3) is 0 Å². The zero-order chi connectivity index (χ0) is 13.0. The molecule has 0 amide bonds. The molecular formula is C9H15N9. The lowest BCUT2D eigenvalue weighted by Gasteiger charge is -2.01. The molecule has 9 heteroatoms. The van der Waals surface area contributed by atoms with E-state index in [1.807, 2.05) is 13.1 Å². The Morgan fingerprint density at radius 2 is 1.94 bits per heavy atom. The van der Waals surface area contributed by atoms with E-state index in [1.165, 1.54) is 0 Å². The largest absolute Gasteiger partial charge is 0.368 e. The van der Waals surface area contributed by atoms with Gasteiger partial charge in [0.15, 0.2) is 5.82 Å². The van der Waals surface area contributed by atoms with Gasteiger partial charge in [-0.15, -0.1) is 5.10 Å². The molecule has 0 aliphatic rings. The molecule has 2 aromatic rings. The molecular weight excluding hydrogens is 234 g/mol. The molecule has 0 saturated carbocycles. The standard InChI is InChI=1S/C9H15N9/c1-2-12-3-6-4-18(17-16-6)5-7-13-8(10)15-9(11)14-7/h4,12H,2-3,5H2,1H3,(H4,10,11,13,14,15). The van der Waals surface area contributed by atoms with E-state index in [2.05, 4.69) is 30.6 Å². The van der Waals surface area contributed by atoms with E-state index < -0.39 is 0 Å². The van der Waals surface area contributed by atoms with Gasteiger partial charge in [-0.3, -0.25) is 0 Å². The third kappa shape index (κ3) is 3.10. The number of nitrogens with zero attached hydrogens (tertiary/aromatic N) is 6. The summed E-state index contributed by atoms with van der Waals surface area (Å²) in [5, 5.41) is 11.1. The van der Waals surface area contributed by atoms with Crippen LogP contribution in [-0.2, 0) is 13.1 Å². The molecule has 9 nitrogen and oxygen atoms in total. The molecule has 2 heterocycles. The van der Waals surface area contributed by atoms with Gasteiger partial charge in [-0.05, 0) is 6.54 Å². The second kappa shape index (κ2) is 5.36. The van der Waals surface area contributed by atoms with Crippen molar-refractivity contribution in [3.63, 3.8) is 0 Å². The Balaban J connectivity index is 2.06. The van der Waals surface area contributed by atoms with Gasteiger partial charge in [0.05, 0.1) is 11.9 Å². The maximum atomic E-state index is 5.49. The number of nitrogens with two attached hydrogens (primary N) is 2. The van der Waals surface area contributed by atoms with Crippen LogP contribution in [0.2, 0.25) is 0 Å². The summed E-state index contributed by atoms with van der Waals surface area (Å²) in [5.41, 5.74) is 11.8. The fraction of sp³-hybridized carbons (Fsp3) is 0.444. The number of aromatic nitrogens is 6. The minimum absolute atomic E-state index is 0.102. The number of hydrogen-bond acceptors (Lipinski definition) is 8. The molecule has 18 heavy (non-hydrogen) atoms. The van der Waals surface area contributed by atoms with Crippen LogP contribution < -0.4 is 16.8 Å². The molecule has 0 aromatic carbocycles. The first-order chi connectivity index (χ1) is 8.67. The first-order valence-corrected chi connectivity index (χ1v) is 5.53. The van der Waals surface area contributed by atoms with Crippen LogP contribution >= 0.6 is 0 Å². The summed E-state index contributed by atoms with van der Waals surface area (Å²) in [5.74, 6) is 0.663. The quantitative estimate of drug-likeness (QED) is 0.600. The van der Waals surface area contributed by atoms with Crippen molar-refractivity contribution in [1.82, 2.24) is 35.3 Å². The highest BCUT2D eigenvalue weighted by Crippen LogP contribution is 2.01. The summed E-state index contributed by atoms with van der Waals surface area (Å²) in [6.07, 6.45) is 1.82. The van der Waals surface area contributed by atoms with E-state index in [0.29, 0.717) is 18.9 Å². The Labute approximate surface area is 104 Å². The number of nitrogens with one attached hydrogen (secondary N) is 1. The molecule has 96 valence electrons. The van der Waals surface area contributed by atoms with Crippen LogP contribution in [0, 0.1) is 0 Å². The lowest BCUT2D eigenvalue weighted by Crippen LogP contribution is -2.12. The summed E-state index contributed by atoms with van der Waals surface area (Å²) in [7, 11) is 0. The Hall–Kier alpha value is -2.29.